The van der Waals surface area contributed by atoms with Crippen molar-refractivity contribution >= 4 is 15.8 Å². The first-order chi connectivity index (χ1) is 6.31. The predicted octanol–water partition coefficient (Wildman–Crippen LogP) is -0.266. The summed E-state index contributed by atoms with van der Waals surface area (Å²) in [5, 5.41) is 2.92. The Balaban J connectivity index is 3.72. The number of hydrogen-bond donors (Lipinski definition) is 2. The van der Waals surface area contributed by atoms with Gasteiger partial charge in [-0.25, -0.2) is 8.42 Å². The second kappa shape index (κ2) is 5.85. The van der Waals surface area contributed by atoms with Gasteiger partial charge in [0.2, 0.25) is 0 Å². The van der Waals surface area contributed by atoms with E-state index in [2.05, 4.69) is 10.3 Å². The normalized spacial score (nSPS) is 13.3. The van der Waals surface area contributed by atoms with Crippen LogP contribution in [-0.2, 0) is 9.84 Å². The van der Waals surface area contributed by atoms with E-state index < -0.39 is 9.84 Å². The molecule has 0 aliphatic carbocycles. The molecule has 6 heteroatoms. The van der Waals surface area contributed by atoms with Crippen LogP contribution in [0.1, 0.15) is 20.3 Å². The molecule has 0 atom stereocenters. The second-order valence-corrected chi connectivity index (χ2v) is 5.81. The van der Waals surface area contributed by atoms with Gasteiger partial charge in [0, 0.05) is 18.8 Å². The molecule has 0 aliphatic heterocycles. The van der Waals surface area contributed by atoms with Crippen LogP contribution in [-0.4, -0.2) is 39.0 Å². The van der Waals surface area contributed by atoms with Crippen LogP contribution in [0.5, 0.6) is 0 Å². The van der Waals surface area contributed by atoms with Gasteiger partial charge in [0.05, 0.1) is 5.75 Å². The average molecular weight is 221 g/mol. The summed E-state index contributed by atoms with van der Waals surface area (Å²) in [4.78, 5) is 3.99. The van der Waals surface area contributed by atoms with Crippen LogP contribution in [0.3, 0.4) is 0 Å². The molecule has 14 heavy (non-hydrogen) atoms. The van der Waals surface area contributed by atoms with Gasteiger partial charge in [0.25, 0.3) is 0 Å². The highest BCUT2D eigenvalue weighted by molar-refractivity contribution is 7.90. The highest BCUT2D eigenvalue weighted by Crippen LogP contribution is 1.89. The molecule has 0 amide bonds. The molecular weight excluding hydrogens is 202 g/mol. The van der Waals surface area contributed by atoms with Crippen LogP contribution in [0.15, 0.2) is 4.99 Å². The molecule has 0 unspecified atom stereocenters. The maximum Gasteiger partial charge on any atom is 0.188 e. The summed E-state index contributed by atoms with van der Waals surface area (Å²) in [7, 11) is -2.88. The van der Waals surface area contributed by atoms with E-state index in [1.54, 1.807) is 0 Å². The van der Waals surface area contributed by atoms with Gasteiger partial charge in [0.1, 0.15) is 9.84 Å². The molecule has 0 radical (unpaired) electrons. The molecule has 0 heterocycles. The van der Waals surface area contributed by atoms with Gasteiger partial charge in [-0.15, -0.1) is 0 Å². The molecular formula is C8H19N3O2S. The molecule has 0 aliphatic rings. The van der Waals surface area contributed by atoms with Gasteiger partial charge in [-0.1, -0.05) is 0 Å². The first kappa shape index (κ1) is 13.2. The molecule has 0 aromatic carbocycles. The molecule has 0 saturated carbocycles. The monoisotopic (exact) mass is 221 g/mol. The molecule has 0 spiro atoms. The molecule has 0 bridgehead atoms. The molecule has 0 aromatic heterocycles. The Hall–Kier alpha value is -0.780. The van der Waals surface area contributed by atoms with E-state index in [0.29, 0.717) is 18.9 Å². The lowest BCUT2D eigenvalue weighted by atomic mass is 10.4. The zero-order chi connectivity index (χ0) is 11.2. The minimum Gasteiger partial charge on any atom is -0.370 e. The quantitative estimate of drug-likeness (QED) is 0.380. The summed E-state index contributed by atoms with van der Waals surface area (Å²) in [6, 6.07) is 0.244. The number of sulfone groups is 1. The van der Waals surface area contributed by atoms with E-state index >= 15 is 0 Å². The first-order valence-electron chi connectivity index (χ1n) is 4.55. The van der Waals surface area contributed by atoms with Gasteiger partial charge in [0.15, 0.2) is 5.96 Å². The molecule has 5 nitrogen and oxygen atoms in total. The van der Waals surface area contributed by atoms with Crippen molar-refractivity contribution in [3.8, 4) is 0 Å². The summed E-state index contributed by atoms with van der Waals surface area (Å²) in [6.45, 7) is 4.36. The van der Waals surface area contributed by atoms with E-state index in [1.807, 2.05) is 13.8 Å². The lowest BCUT2D eigenvalue weighted by Gasteiger charge is -2.07. The van der Waals surface area contributed by atoms with Crippen LogP contribution < -0.4 is 11.1 Å². The third-order valence-electron chi connectivity index (χ3n) is 1.39. The maximum absolute atomic E-state index is 10.8. The maximum atomic E-state index is 10.8. The molecule has 3 N–H and O–H groups in total. The molecule has 84 valence electrons. The van der Waals surface area contributed by atoms with Gasteiger partial charge in [-0.2, -0.15) is 0 Å². The lowest BCUT2D eigenvalue weighted by Crippen LogP contribution is -2.36. The summed E-state index contributed by atoms with van der Waals surface area (Å²) in [5.41, 5.74) is 5.51. The number of nitrogens with zero attached hydrogens (tertiary/aromatic N) is 1. The number of hydrogen-bond acceptors (Lipinski definition) is 3. The minimum atomic E-state index is -2.88. The van der Waals surface area contributed by atoms with Crippen molar-refractivity contribution in [2.75, 3.05) is 18.6 Å². The first-order valence-corrected chi connectivity index (χ1v) is 6.61. The van der Waals surface area contributed by atoms with Crippen LogP contribution in [0, 0.1) is 0 Å². The summed E-state index contributed by atoms with van der Waals surface area (Å²) >= 11 is 0. The number of rotatable bonds is 5. The van der Waals surface area contributed by atoms with E-state index in [9.17, 15) is 8.42 Å². The Kier molecular flexibility index (Phi) is 5.52. The summed E-state index contributed by atoms with van der Waals surface area (Å²) in [6.07, 6.45) is 1.73. The number of guanidine groups is 1. The van der Waals surface area contributed by atoms with Crippen molar-refractivity contribution in [3.05, 3.63) is 0 Å². The molecule has 0 saturated heterocycles. The van der Waals surface area contributed by atoms with E-state index in [0.717, 1.165) is 0 Å². The molecule has 0 aromatic rings. The SMILES string of the molecule is CC(C)NC(N)=NCCCS(C)(=O)=O. The van der Waals surface area contributed by atoms with Gasteiger partial charge >= 0.3 is 0 Å². The fourth-order valence-electron chi connectivity index (χ4n) is 0.868. The average Bonchev–Trinajstić information content (AvgIpc) is 1.95. The summed E-state index contributed by atoms with van der Waals surface area (Å²) < 4.78 is 21.5. The largest absolute Gasteiger partial charge is 0.370 e. The number of aliphatic imine (C=N–C) groups is 1. The van der Waals surface area contributed by atoms with E-state index in [1.165, 1.54) is 6.26 Å². The topological polar surface area (TPSA) is 84.5 Å². The highest BCUT2D eigenvalue weighted by atomic mass is 32.2. The predicted molar refractivity (Wildman–Crippen MR) is 59.1 cm³/mol. The Bertz CT molecular complexity index is 283. The Morgan fingerprint density at radius 3 is 2.50 bits per heavy atom. The van der Waals surface area contributed by atoms with Crippen LogP contribution in [0.4, 0.5) is 0 Å². The number of nitrogens with one attached hydrogen (secondary N) is 1. The fourth-order valence-corrected chi connectivity index (χ4v) is 1.52. The standard InChI is InChI=1S/C8H19N3O2S/c1-7(2)11-8(9)10-5-4-6-14(3,12)13/h7H,4-6H2,1-3H3,(H3,9,10,11). The Morgan fingerprint density at radius 1 is 1.50 bits per heavy atom. The second-order valence-electron chi connectivity index (χ2n) is 3.55. The zero-order valence-electron chi connectivity index (χ0n) is 8.95. The summed E-state index contributed by atoms with van der Waals surface area (Å²) in [5.74, 6) is 0.527. The van der Waals surface area contributed by atoms with Crippen molar-refractivity contribution in [1.29, 1.82) is 0 Å². The van der Waals surface area contributed by atoms with E-state index in [-0.39, 0.29) is 11.8 Å². The van der Waals surface area contributed by atoms with Gasteiger partial charge in [-0.05, 0) is 20.3 Å². The Labute approximate surface area is 85.7 Å². The third kappa shape index (κ3) is 9.31. The van der Waals surface area contributed by atoms with Crippen LogP contribution in [0.2, 0.25) is 0 Å². The number of nitrogens with two attached hydrogens (primary N) is 1. The van der Waals surface area contributed by atoms with Gasteiger partial charge in [-0.3, -0.25) is 4.99 Å². The lowest BCUT2D eigenvalue weighted by molar-refractivity contribution is 0.599. The van der Waals surface area contributed by atoms with Crippen LogP contribution in [0.25, 0.3) is 0 Å². The van der Waals surface area contributed by atoms with Gasteiger partial charge < -0.3 is 11.1 Å². The van der Waals surface area contributed by atoms with Crippen molar-refractivity contribution in [2.24, 2.45) is 10.7 Å². The smallest absolute Gasteiger partial charge is 0.188 e. The molecule has 0 rings (SSSR count). The third-order valence-corrected chi connectivity index (χ3v) is 2.42. The molecule has 0 fully saturated rings. The Morgan fingerprint density at radius 2 is 2.07 bits per heavy atom. The van der Waals surface area contributed by atoms with Crippen molar-refractivity contribution in [3.63, 3.8) is 0 Å². The zero-order valence-corrected chi connectivity index (χ0v) is 9.76. The van der Waals surface area contributed by atoms with Crippen molar-refractivity contribution in [2.45, 2.75) is 26.3 Å². The highest BCUT2D eigenvalue weighted by Gasteiger charge is 2.00. The van der Waals surface area contributed by atoms with Crippen molar-refractivity contribution in [1.82, 2.24) is 5.32 Å². The van der Waals surface area contributed by atoms with E-state index in [4.69, 9.17) is 5.73 Å². The minimum absolute atomic E-state index is 0.158. The van der Waals surface area contributed by atoms with Crippen molar-refractivity contribution < 1.29 is 8.42 Å². The van der Waals surface area contributed by atoms with Crippen LogP contribution >= 0.6 is 0 Å². The fraction of sp³-hybridized carbons (Fsp3) is 0.875.